The molecule has 1 fully saturated rings. The Hall–Kier alpha value is -0.910. The third-order valence-corrected chi connectivity index (χ3v) is 4.75. The number of nitrogens with two attached hydrogens (primary N) is 1. The van der Waals surface area contributed by atoms with E-state index in [2.05, 4.69) is 0 Å². The van der Waals surface area contributed by atoms with Gasteiger partial charge in [0.25, 0.3) is 10.0 Å². The molecule has 0 spiro atoms. The highest BCUT2D eigenvalue weighted by atomic mass is 32.2. The van der Waals surface area contributed by atoms with Crippen molar-refractivity contribution in [2.45, 2.75) is 37.1 Å². The van der Waals surface area contributed by atoms with Crippen LogP contribution in [-0.2, 0) is 10.0 Å². The van der Waals surface area contributed by atoms with Gasteiger partial charge in [-0.2, -0.15) is 0 Å². The molecule has 0 radical (unpaired) electrons. The first-order valence-corrected chi connectivity index (χ1v) is 6.81. The first-order chi connectivity index (χ1) is 7.51. The van der Waals surface area contributed by atoms with Crippen molar-refractivity contribution in [3.63, 3.8) is 0 Å². The summed E-state index contributed by atoms with van der Waals surface area (Å²) in [6, 6.07) is 6.74. The van der Waals surface area contributed by atoms with Crippen LogP contribution in [0.4, 0.5) is 0 Å². The summed E-state index contributed by atoms with van der Waals surface area (Å²) in [6.07, 6.45) is 2.78. The Balaban J connectivity index is 2.27. The molecule has 0 heterocycles. The molecule has 0 amide bonds. The van der Waals surface area contributed by atoms with E-state index in [-0.39, 0.29) is 10.9 Å². The van der Waals surface area contributed by atoms with Crippen LogP contribution in [0, 0.1) is 6.92 Å². The van der Waals surface area contributed by atoms with E-state index in [0.717, 1.165) is 29.2 Å². The minimum Gasteiger partial charge on any atom is -0.254 e. The fraction of sp³-hybridized carbons (Fsp3) is 0.455. The first kappa shape index (κ1) is 11.6. The van der Waals surface area contributed by atoms with Crippen molar-refractivity contribution in [2.24, 2.45) is 5.84 Å². The minimum absolute atomic E-state index is 0.0219. The predicted octanol–water partition coefficient (Wildman–Crippen LogP) is 1.41. The number of hydrazine groups is 1. The van der Waals surface area contributed by atoms with Gasteiger partial charge in [0.1, 0.15) is 0 Å². The predicted molar refractivity (Wildman–Crippen MR) is 62.0 cm³/mol. The molecular weight excluding hydrogens is 224 g/mol. The number of hydrogen-bond donors (Lipinski definition) is 1. The fourth-order valence-electron chi connectivity index (χ4n) is 1.67. The lowest BCUT2D eigenvalue weighted by Gasteiger charge is -2.32. The summed E-state index contributed by atoms with van der Waals surface area (Å²) in [6.45, 7) is 1.92. The molecule has 1 aromatic carbocycles. The molecule has 0 aromatic heterocycles. The van der Waals surface area contributed by atoms with Gasteiger partial charge in [-0.15, -0.1) is 4.41 Å². The summed E-state index contributed by atoms with van der Waals surface area (Å²) in [7, 11) is -3.50. The summed E-state index contributed by atoms with van der Waals surface area (Å²) in [5.41, 5.74) is 1.03. The molecule has 0 bridgehead atoms. The topological polar surface area (TPSA) is 63.4 Å². The quantitative estimate of drug-likeness (QED) is 0.642. The molecule has 0 atom stereocenters. The van der Waals surface area contributed by atoms with Crippen molar-refractivity contribution < 1.29 is 8.42 Å². The Morgan fingerprint density at radius 1 is 1.25 bits per heavy atom. The Bertz CT molecular complexity index is 463. The number of hydrogen-bond acceptors (Lipinski definition) is 3. The summed E-state index contributed by atoms with van der Waals surface area (Å²) in [5, 5.41) is 0. The van der Waals surface area contributed by atoms with E-state index in [1.807, 2.05) is 6.92 Å². The van der Waals surface area contributed by atoms with Gasteiger partial charge in [0.05, 0.1) is 4.90 Å². The summed E-state index contributed by atoms with van der Waals surface area (Å²) in [4.78, 5) is 0.271. The van der Waals surface area contributed by atoms with Gasteiger partial charge in [-0.3, -0.25) is 5.84 Å². The molecule has 88 valence electrons. The monoisotopic (exact) mass is 240 g/mol. The number of benzene rings is 1. The van der Waals surface area contributed by atoms with Crippen LogP contribution in [0.3, 0.4) is 0 Å². The number of rotatable bonds is 3. The lowest BCUT2D eigenvalue weighted by atomic mass is 9.94. The maximum absolute atomic E-state index is 12.1. The lowest BCUT2D eigenvalue weighted by molar-refractivity contribution is 0.223. The van der Waals surface area contributed by atoms with Gasteiger partial charge in [0.2, 0.25) is 0 Å². The van der Waals surface area contributed by atoms with Crippen molar-refractivity contribution >= 4 is 10.0 Å². The molecule has 16 heavy (non-hydrogen) atoms. The molecule has 5 heteroatoms. The third kappa shape index (κ3) is 1.98. The highest BCUT2D eigenvalue weighted by Crippen LogP contribution is 2.27. The Labute approximate surface area is 96.1 Å². The van der Waals surface area contributed by atoms with Crippen molar-refractivity contribution in [2.75, 3.05) is 0 Å². The van der Waals surface area contributed by atoms with E-state index < -0.39 is 10.0 Å². The van der Waals surface area contributed by atoms with Crippen LogP contribution >= 0.6 is 0 Å². The van der Waals surface area contributed by atoms with Gasteiger partial charge >= 0.3 is 0 Å². The molecule has 0 saturated heterocycles. The second kappa shape index (κ2) is 4.16. The standard InChI is InChI=1S/C11H16N2O2S/c1-9-5-7-11(8-6-9)16(14,15)13(12)10-3-2-4-10/h5-8,10H,2-4,12H2,1H3. The zero-order chi connectivity index (χ0) is 11.8. The molecule has 1 saturated carbocycles. The van der Waals surface area contributed by atoms with E-state index in [1.165, 1.54) is 0 Å². The second-order valence-corrected chi connectivity index (χ2v) is 6.08. The highest BCUT2D eigenvalue weighted by Gasteiger charge is 2.32. The number of sulfonamides is 1. The lowest BCUT2D eigenvalue weighted by Crippen LogP contribution is -2.48. The molecule has 0 aliphatic heterocycles. The van der Waals surface area contributed by atoms with Crippen LogP contribution < -0.4 is 5.84 Å². The van der Waals surface area contributed by atoms with Crippen LogP contribution in [0.1, 0.15) is 24.8 Å². The van der Waals surface area contributed by atoms with E-state index in [0.29, 0.717) is 0 Å². The van der Waals surface area contributed by atoms with E-state index >= 15 is 0 Å². The van der Waals surface area contributed by atoms with E-state index in [1.54, 1.807) is 24.3 Å². The van der Waals surface area contributed by atoms with Gasteiger partial charge in [0.15, 0.2) is 0 Å². The van der Waals surface area contributed by atoms with Gasteiger partial charge in [-0.1, -0.05) is 24.1 Å². The minimum atomic E-state index is -3.50. The average Bonchev–Trinajstić information content (AvgIpc) is 2.15. The average molecular weight is 240 g/mol. The molecule has 1 aromatic rings. The Kier molecular flexibility index (Phi) is 3.01. The molecule has 2 N–H and O–H groups in total. The largest absolute Gasteiger partial charge is 0.255 e. The second-order valence-electron chi connectivity index (χ2n) is 4.23. The molecule has 1 aliphatic rings. The fourth-order valence-corrected chi connectivity index (χ4v) is 3.00. The molecule has 0 unspecified atom stereocenters. The van der Waals surface area contributed by atoms with Crippen molar-refractivity contribution in [1.82, 2.24) is 4.41 Å². The summed E-state index contributed by atoms with van der Waals surface area (Å²) < 4.78 is 25.2. The van der Waals surface area contributed by atoms with Crippen LogP contribution in [0.25, 0.3) is 0 Å². The Morgan fingerprint density at radius 2 is 1.81 bits per heavy atom. The third-order valence-electron chi connectivity index (χ3n) is 3.03. The van der Waals surface area contributed by atoms with Crippen molar-refractivity contribution in [3.05, 3.63) is 29.8 Å². The normalized spacial score (nSPS) is 17.4. The SMILES string of the molecule is Cc1ccc(S(=O)(=O)N(N)C2CCC2)cc1. The van der Waals surface area contributed by atoms with Gasteiger partial charge in [0, 0.05) is 6.04 Å². The van der Waals surface area contributed by atoms with E-state index in [4.69, 9.17) is 5.84 Å². The smallest absolute Gasteiger partial charge is 0.254 e. The van der Waals surface area contributed by atoms with Crippen LogP contribution in [0.2, 0.25) is 0 Å². The highest BCUT2D eigenvalue weighted by molar-refractivity contribution is 7.89. The maximum atomic E-state index is 12.1. The Morgan fingerprint density at radius 3 is 2.25 bits per heavy atom. The molecular formula is C11H16N2O2S. The van der Waals surface area contributed by atoms with E-state index in [9.17, 15) is 8.42 Å². The molecule has 4 nitrogen and oxygen atoms in total. The molecule has 2 rings (SSSR count). The van der Waals surface area contributed by atoms with Crippen LogP contribution in [0.5, 0.6) is 0 Å². The van der Waals surface area contributed by atoms with Crippen LogP contribution in [0.15, 0.2) is 29.2 Å². The van der Waals surface area contributed by atoms with Gasteiger partial charge < -0.3 is 0 Å². The van der Waals surface area contributed by atoms with Gasteiger partial charge in [-0.25, -0.2) is 8.42 Å². The number of nitrogens with zero attached hydrogens (tertiary/aromatic N) is 1. The van der Waals surface area contributed by atoms with Crippen molar-refractivity contribution in [3.8, 4) is 0 Å². The molecule has 1 aliphatic carbocycles. The zero-order valence-corrected chi connectivity index (χ0v) is 10.1. The zero-order valence-electron chi connectivity index (χ0n) is 9.26. The summed E-state index contributed by atoms with van der Waals surface area (Å²) >= 11 is 0. The summed E-state index contributed by atoms with van der Waals surface area (Å²) in [5.74, 6) is 5.67. The maximum Gasteiger partial charge on any atom is 0.255 e. The first-order valence-electron chi connectivity index (χ1n) is 5.37. The van der Waals surface area contributed by atoms with Gasteiger partial charge in [-0.05, 0) is 31.9 Å². The van der Waals surface area contributed by atoms with Crippen LogP contribution in [-0.4, -0.2) is 18.9 Å². The van der Waals surface area contributed by atoms with Crippen molar-refractivity contribution in [1.29, 1.82) is 0 Å². The number of aryl methyl sites for hydroxylation is 1.